The maximum Gasteiger partial charge on any atom is 0.0722 e. The molecule has 2 aromatic carbocycles. The summed E-state index contributed by atoms with van der Waals surface area (Å²) in [5.74, 6) is 0. The van der Waals surface area contributed by atoms with Crippen LogP contribution in [0.15, 0.2) is 34.8 Å². The van der Waals surface area contributed by atoms with Crippen molar-refractivity contribution in [3.63, 3.8) is 0 Å². The molecule has 1 nitrogen and oxygen atoms in total. The van der Waals surface area contributed by atoms with Crippen LogP contribution in [0.1, 0.15) is 11.1 Å². The summed E-state index contributed by atoms with van der Waals surface area (Å²) in [5, 5.41) is 4.80. The van der Waals surface area contributed by atoms with E-state index in [9.17, 15) is 0 Å². The van der Waals surface area contributed by atoms with Gasteiger partial charge < -0.3 is 5.32 Å². The van der Waals surface area contributed by atoms with Crippen molar-refractivity contribution < 1.29 is 0 Å². The predicted molar refractivity (Wildman–Crippen MR) is 87.7 cm³/mol. The fourth-order valence-electron chi connectivity index (χ4n) is 1.72. The van der Waals surface area contributed by atoms with Crippen molar-refractivity contribution >= 4 is 56.4 Å². The van der Waals surface area contributed by atoms with Crippen molar-refractivity contribution in [3.05, 3.63) is 61.0 Å². The van der Waals surface area contributed by atoms with E-state index in [1.807, 2.05) is 12.1 Å². The van der Waals surface area contributed by atoms with Crippen LogP contribution in [0.25, 0.3) is 0 Å². The van der Waals surface area contributed by atoms with E-state index in [1.54, 1.807) is 12.1 Å². The van der Waals surface area contributed by atoms with E-state index >= 15 is 0 Å². The maximum atomic E-state index is 6.12. The van der Waals surface area contributed by atoms with Crippen LogP contribution >= 0.6 is 50.7 Å². The highest BCUT2D eigenvalue weighted by Gasteiger charge is 2.07. The van der Waals surface area contributed by atoms with Crippen molar-refractivity contribution in [3.8, 4) is 0 Å². The summed E-state index contributed by atoms with van der Waals surface area (Å²) in [6.45, 7) is 2.70. The summed E-state index contributed by atoms with van der Waals surface area (Å²) < 4.78 is 1.10. The van der Waals surface area contributed by atoms with Crippen molar-refractivity contribution in [1.82, 2.24) is 0 Å². The van der Waals surface area contributed by atoms with Gasteiger partial charge in [-0.15, -0.1) is 0 Å². The van der Waals surface area contributed by atoms with Crippen LogP contribution in [-0.2, 0) is 6.54 Å². The third-order valence-corrected chi connectivity index (χ3v) is 4.40. The molecule has 0 saturated carbocycles. The molecule has 0 atom stereocenters. The average Bonchev–Trinajstić information content (AvgIpc) is 2.32. The Hall–Kier alpha value is -0.410. The summed E-state index contributed by atoms with van der Waals surface area (Å²) >= 11 is 21.6. The molecule has 0 aromatic heterocycles. The molecule has 5 heteroatoms. The molecule has 0 heterocycles. The van der Waals surface area contributed by atoms with Gasteiger partial charge in [0, 0.05) is 16.0 Å². The summed E-state index contributed by atoms with van der Waals surface area (Å²) in [7, 11) is 0. The Morgan fingerprint density at radius 1 is 1.05 bits per heavy atom. The SMILES string of the molecule is Cc1cc(CNc2c(Cl)cc(Cl)cc2Cl)ccc1Br. The summed E-state index contributed by atoms with van der Waals surface area (Å²) in [6, 6.07) is 9.52. The highest BCUT2D eigenvalue weighted by molar-refractivity contribution is 9.10. The number of hydrogen-bond donors (Lipinski definition) is 1. The Kier molecular flexibility index (Phi) is 5.02. The first-order valence-corrected chi connectivity index (χ1v) is 7.53. The van der Waals surface area contributed by atoms with Gasteiger partial charge in [-0.3, -0.25) is 0 Å². The van der Waals surface area contributed by atoms with Gasteiger partial charge >= 0.3 is 0 Å². The smallest absolute Gasteiger partial charge is 0.0722 e. The van der Waals surface area contributed by atoms with Gasteiger partial charge in [0.1, 0.15) is 0 Å². The predicted octanol–water partition coefficient (Wildman–Crippen LogP) is 6.33. The van der Waals surface area contributed by atoms with Gasteiger partial charge in [-0.25, -0.2) is 0 Å². The van der Waals surface area contributed by atoms with Crippen LogP contribution in [0.5, 0.6) is 0 Å². The number of aryl methyl sites for hydroxylation is 1. The lowest BCUT2D eigenvalue weighted by Gasteiger charge is -2.11. The minimum Gasteiger partial charge on any atom is -0.379 e. The molecule has 0 aliphatic carbocycles. The minimum absolute atomic E-state index is 0.520. The van der Waals surface area contributed by atoms with Gasteiger partial charge in [0.2, 0.25) is 0 Å². The first-order valence-electron chi connectivity index (χ1n) is 5.61. The lowest BCUT2D eigenvalue weighted by Crippen LogP contribution is -2.01. The van der Waals surface area contributed by atoms with Gasteiger partial charge in [-0.2, -0.15) is 0 Å². The fraction of sp³-hybridized carbons (Fsp3) is 0.143. The molecule has 19 heavy (non-hydrogen) atoms. The molecule has 0 radical (unpaired) electrons. The van der Waals surface area contributed by atoms with Crippen molar-refractivity contribution in [2.24, 2.45) is 0 Å². The standard InChI is InChI=1S/C14H11BrCl3N/c1-8-4-9(2-3-11(8)15)7-19-14-12(17)5-10(16)6-13(14)18/h2-6,19H,7H2,1H3. The molecule has 0 fully saturated rings. The van der Waals surface area contributed by atoms with E-state index in [4.69, 9.17) is 34.8 Å². The lowest BCUT2D eigenvalue weighted by molar-refractivity contribution is 1.14. The molecule has 0 unspecified atom stereocenters. The number of halogens is 4. The van der Waals surface area contributed by atoms with Crippen LogP contribution in [0, 0.1) is 6.92 Å². The molecule has 0 amide bonds. The van der Waals surface area contributed by atoms with E-state index in [0.717, 1.165) is 10.0 Å². The Morgan fingerprint density at radius 3 is 2.26 bits per heavy atom. The quantitative estimate of drug-likeness (QED) is 0.657. The monoisotopic (exact) mass is 377 g/mol. The van der Waals surface area contributed by atoms with Gasteiger partial charge in [-0.1, -0.05) is 62.9 Å². The van der Waals surface area contributed by atoms with Gasteiger partial charge in [0.25, 0.3) is 0 Å². The lowest BCUT2D eigenvalue weighted by atomic mass is 10.1. The van der Waals surface area contributed by atoms with E-state index in [1.165, 1.54) is 5.56 Å². The third-order valence-electron chi connectivity index (χ3n) is 2.70. The molecule has 1 N–H and O–H groups in total. The van der Waals surface area contributed by atoms with E-state index in [0.29, 0.717) is 27.3 Å². The summed E-state index contributed by atoms with van der Waals surface area (Å²) in [4.78, 5) is 0. The van der Waals surface area contributed by atoms with Crippen molar-refractivity contribution in [1.29, 1.82) is 0 Å². The average molecular weight is 380 g/mol. The molecule has 2 aromatic rings. The van der Waals surface area contributed by atoms with E-state index in [2.05, 4.69) is 34.2 Å². The molecular formula is C14H11BrCl3N. The highest BCUT2D eigenvalue weighted by Crippen LogP contribution is 2.34. The molecule has 0 bridgehead atoms. The number of hydrogen-bond acceptors (Lipinski definition) is 1. The molecule has 0 spiro atoms. The normalized spacial score (nSPS) is 10.6. The van der Waals surface area contributed by atoms with Crippen molar-refractivity contribution in [2.75, 3.05) is 5.32 Å². The number of anilines is 1. The second-order valence-electron chi connectivity index (χ2n) is 4.18. The maximum absolute atomic E-state index is 6.12. The first-order chi connectivity index (χ1) is 8.97. The Morgan fingerprint density at radius 2 is 1.68 bits per heavy atom. The topological polar surface area (TPSA) is 12.0 Å². The minimum atomic E-state index is 0.520. The van der Waals surface area contributed by atoms with Crippen LogP contribution in [-0.4, -0.2) is 0 Å². The molecule has 0 saturated heterocycles. The number of nitrogens with one attached hydrogen (secondary N) is 1. The zero-order chi connectivity index (χ0) is 14.0. The van der Waals surface area contributed by atoms with Crippen LogP contribution < -0.4 is 5.32 Å². The molecule has 100 valence electrons. The summed E-state index contributed by atoms with van der Waals surface area (Å²) in [6.07, 6.45) is 0. The van der Waals surface area contributed by atoms with Crippen LogP contribution in [0.3, 0.4) is 0 Å². The number of rotatable bonds is 3. The Bertz CT molecular complexity index is 591. The highest BCUT2D eigenvalue weighted by atomic mass is 79.9. The molecule has 0 aliphatic rings. The third kappa shape index (κ3) is 3.79. The van der Waals surface area contributed by atoms with E-state index in [-0.39, 0.29) is 0 Å². The molecular weight excluding hydrogens is 368 g/mol. The largest absolute Gasteiger partial charge is 0.379 e. The van der Waals surface area contributed by atoms with Gasteiger partial charge in [0.05, 0.1) is 15.7 Å². The van der Waals surface area contributed by atoms with E-state index < -0.39 is 0 Å². The second kappa shape index (κ2) is 6.36. The molecule has 0 aliphatic heterocycles. The second-order valence-corrected chi connectivity index (χ2v) is 6.29. The van der Waals surface area contributed by atoms with Gasteiger partial charge in [0.15, 0.2) is 0 Å². The summed E-state index contributed by atoms with van der Waals surface area (Å²) in [5.41, 5.74) is 3.05. The van der Waals surface area contributed by atoms with Crippen molar-refractivity contribution in [2.45, 2.75) is 13.5 Å². The van der Waals surface area contributed by atoms with Gasteiger partial charge in [-0.05, 0) is 36.2 Å². The zero-order valence-electron chi connectivity index (χ0n) is 10.1. The number of benzene rings is 2. The van der Waals surface area contributed by atoms with Crippen LogP contribution in [0.2, 0.25) is 15.1 Å². The first kappa shape index (κ1) is 15.0. The Labute approximate surface area is 136 Å². The Balaban J connectivity index is 2.16. The van der Waals surface area contributed by atoms with Crippen LogP contribution in [0.4, 0.5) is 5.69 Å². The fourth-order valence-corrected chi connectivity index (χ4v) is 2.92. The zero-order valence-corrected chi connectivity index (χ0v) is 14.0. The molecule has 2 rings (SSSR count).